The molecule has 2 aliphatic rings. The van der Waals surface area contributed by atoms with Crippen LogP contribution in [-0.2, 0) is 11.3 Å². The van der Waals surface area contributed by atoms with E-state index in [0.717, 1.165) is 55.1 Å². The topological polar surface area (TPSA) is 109 Å². The van der Waals surface area contributed by atoms with Gasteiger partial charge in [-0.2, -0.15) is 0 Å². The maximum absolute atomic E-state index is 12.4. The predicted octanol–water partition coefficient (Wildman–Crippen LogP) is 4.59. The van der Waals surface area contributed by atoms with E-state index < -0.39 is 12.7 Å². The molecule has 0 saturated carbocycles. The average molecular weight is 560 g/mol. The van der Waals surface area contributed by atoms with E-state index in [1.165, 1.54) is 5.56 Å². The summed E-state index contributed by atoms with van der Waals surface area (Å²) in [4.78, 5) is 26.5. The number of carbonyl (C=O) groups is 1. The molecule has 2 fully saturated rings. The Morgan fingerprint density at radius 1 is 0.976 bits per heavy atom. The molecule has 11 heteroatoms. The Bertz CT molecular complexity index is 1450. The number of alkyl halides is 1. The molecule has 0 aliphatic carbocycles. The first-order chi connectivity index (χ1) is 20.2. The molecule has 2 amide bonds. The largest absolute Gasteiger partial charge is 0.378 e. The molecule has 0 radical (unpaired) electrons. The van der Waals surface area contributed by atoms with Crippen molar-refractivity contribution < 1.29 is 18.4 Å². The van der Waals surface area contributed by atoms with Crippen LogP contribution < -0.4 is 15.5 Å². The number of aromatic nitrogens is 3. The zero-order chi connectivity index (χ0) is 28.0. The van der Waals surface area contributed by atoms with E-state index in [1.807, 2.05) is 18.2 Å². The van der Waals surface area contributed by atoms with Gasteiger partial charge in [0.15, 0.2) is 11.6 Å². The third kappa shape index (κ3) is 6.31. The van der Waals surface area contributed by atoms with Crippen molar-refractivity contribution in [1.82, 2.24) is 25.3 Å². The molecule has 2 aromatic heterocycles. The summed E-state index contributed by atoms with van der Waals surface area (Å²) >= 11 is 0. The predicted molar refractivity (Wildman–Crippen MR) is 155 cm³/mol. The number of piperidine rings is 1. The van der Waals surface area contributed by atoms with Crippen molar-refractivity contribution in [2.45, 2.75) is 25.3 Å². The van der Waals surface area contributed by atoms with Gasteiger partial charge in [0.2, 0.25) is 5.58 Å². The monoisotopic (exact) mass is 559 g/mol. The summed E-state index contributed by atoms with van der Waals surface area (Å²) in [5.41, 5.74) is 4.98. The number of nitrogens with one attached hydrogen (secondary N) is 2. The number of fused-ring (bicyclic) bond motifs is 1. The molecular weight excluding hydrogens is 525 g/mol. The fourth-order valence-electron chi connectivity index (χ4n) is 5.47. The zero-order valence-corrected chi connectivity index (χ0v) is 22.9. The van der Waals surface area contributed by atoms with E-state index in [-0.39, 0.29) is 12.5 Å². The van der Waals surface area contributed by atoms with Crippen LogP contribution in [0.1, 0.15) is 30.0 Å². The molecule has 2 aliphatic heterocycles. The van der Waals surface area contributed by atoms with E-state index in [0.29, 0.717) is 43.4 Å². The van der Waals surface area contributed by atoms with Gasteiger partial charge in [0.05, 0.1) is 13.2 Å². The SMILES string of the molecule is O=C(NCCF)Nc1ccc(-c2nc(N3CCOCC3)c3onc(C4CCN(Cc5ccccc5)CC4)c3n2)cc1. The van der Waals surface area contributed by atoms with E-state index in [2.05, 4.69) is 49.9 Å². The standard InChI is InChI=1S/C30H34FN7O3/c31-12-13-32-30(39)33-24-8-6-23(7-9-24)28-34-26-25(36-41-27(26)29(35-28)38-16-18-40-19-17-38)22-10-14-37(15-11-22)20-21-4-2-1-3-5-21/h1-9,22H,10-20H2,(H2,32,33,39). The third-order valence-corrected chi connectivity index (χ3v) is 7.64. The fraction of sp³-hybridized carbons (Fsp3) is 0.400. The number of ether oxygens (including phenoxy) is 1. The van der Waals surface area contributed by atoms with Gasteiger partial charge in [-0.3, -0.25) is 4.90 Å². The van der Waals surface area contributed by atoms with Crippen LogP contribution in [0.4, 0.5) is 20.7 Å². The summed E-state index contributed by atoms with van der Waals surface area (Å²) in [5.74, 6) is 1.54. The second-order valence-corrected chi connectivity index (χ2v) is 10.4. The van der Waals surface area contributed by atoms with Crippen LogP contribution in [0.3, 0.4) is 0 Å². The number of morpholine rings is 1. The summed E-state index contributed by atoms with van der Waals surface area (Å²) in [6, 6.07) is 17.4. The first-order valence-electron chi connectivity index (χ1n) is 14.2. The Morgan fingerprint density at radius 2 is 1.73 bits per heavy atom. The van der Waals surface area contributed by atoms with Crippen LogP contribution in [-0.4, -0.2) is 78.7 Å². The third-order valence-electron chi connectivity index (χ3n) is 7.64. The lowest BCUT2D eigenvalue weighted by molar-refractivity contribution is 0.122. The Labute approximate surface area is 237 Å². The molecule has 2 N–H and O–H groups in total. The average Bonchev–Trinajstić information content (AvgIpc) is 3.45. The minimum absolute atomic E-state index is 0.0325. The van der Waals surface area contributed by atoms with Crippen LogP contribution in [0.2, 0.25) is 0 Å². The summed E-state index contributed by atoms with van der Waals surface area (Å²) in [7, 11) is 0. The maximum atomic E-state index is 12.4. The van der Waals surface area contributed by atoms with Crippen molar-refractivity contribution in [2.75, 3.05) is 62.8 Å². The maximum Gasteiger partial charge on any atom is 0.319 e. The number of rotatable bonds is 8. The Kier molecular flexibility index (Phi) is 8.33. The lowest BCUT2D eigenvalue weighted by atomic mass is 9.92. The highest BCUT2D eigenvalue weighted by molar-refractivity contribution is 5.90. The van der Waals surface area contributed by atoms with Crippen molar-refractivity contribution in [3.63, 3.8) is 0 Å². The van der Waals surface area contributed by atoms with Gasteiger partial charge in [0.25, 0.3) is 0 Å². The molecule has 2 aromatic carbocycles. The summed E-state index contributed by atoms with van der Waals surface area (Å²) in [6.45, 7) is 4.91. The van der Waals surface area contributed by atoms with Gasteiger partial charge < -0.3 is 24.8 Å². The van der Waals surface area contributed by atoms with Crippen molar-refractivity contribution in [3.05, 3.63) is 65.9 Å². The van der Waals surface area contributed by atoms with E-state index in [9.17, 15) is 9.18 Å². The van der Waals surface area contributed by atoms with Crippen LogP contribution in [0.25, 0.3) is 22.5 Å². The number of urea groups is 1. The molecular formula is C30H34FN7O3. The van der Waals surface area contributed by atoms with Crippen LogP contribution in [0, 0.1) is 0 Å². The van der Waals surface area contributed by atoms with E-state index in [4.69, 9.17) is 19.2 Å². The zero-order valence-electron chi connectivity index (χ0n) is 22.9. The van der Waals surface area contributed by atoms with Gasteiger partial charge in [-0.1, -0.05) is 35.5 Å². The number of anilines is 2. The Morgan fingerprint density at radius 3 is 2.46 bits per heavy atom. The van der Waals surface area contributed by atoms with Crippen molar-refractivity contribution in [1.29, 1.82) is 0 Å². The Hall–Kier alpha value is -4.09. The number of benzene rings is 2. The second kappa shape index (κ2) is 12.6. The highest BCUT2D eigenvalue weighted by atomic mass is 19.1. The fourth-order valence-corrected chi connectivity index (χ4v) is 5.47. The minimum atomic E-state index is -0.616. The lowest BCUT2D eigenvalue weighted by Crippen LogP contribution is -2.37. The number of amides is 2. The summed E-state index contributed by atoms with van der Waals surface area (Å²) in [5, 5.41) is 9.71. The number of likely N-dealkylation sites (tertiary alicyclic amines) is 1. The molecule has 4 heterocycles. The molecule has 0 atom stereocenters. The van der Waals surface area contributed by atoms with Gasteiger partial charge in [0.1, 0.15) is 17.9 Å². The van der Waals surface area contributed by atoms with Crippen LogP contribution >= 0.6 is 0 Å². The van der Waals surface area contributed by atoms with Gasteiger partial charge >= 0.3 is 6.03 Å². The molecule has 6 rings (SSSR count). The highest BCUT2D eigenvalue weighted by Crippen LogP contribution is 2.36. The van der Waals surface area contributed by atoms with E-state index in [1.54, 1.807) is 12.1 Å². The van der Waals surface area contributed by atoms with Gasteiger partial charge in [-0.25, -0.2) is 19.2 Å². The van der Waals surface area contributed by atoms with Crippen molar-refractivity contribution in [3.8, 4) is 11.4 Å². The molecule has 0 unspecified atom stereocenters. The van der Waals surface area contributed by atoms with Gasteiger partial charge in [0, 0.05) is 43.3 Å². The first kappa shape index (κ1) is 27.1. The molecule has 0 spiro atoms. The number of nitrogens with zero attached hydrogens (tertiary/aromatic N) is 5. The van der Waals surface area contributed by atoms with E-state index >= 15 is 0 Å². The molecule has 214 valence electrons. The van der Waals surface area contributed by atoms with Crippen LogP contribution in [0.15, 0.2) is 59.1 Å². The molecule has 10 nitrogen and oxygen atoms in total. The summed E-state index contributed by atoms with van der Waals surface area (Å²) < 4.78 is 23.9. The Balaban J connectivity index is 1.26. The first-order valence-corrected chi connectivity index (χ1v) is 14.2. The van der Waals surface area contributed by atoms with Crippen molar-refractivity contribution >= 4 is 28.6 Å². The molecule has 4 aromatic rings. The summed E-state index contributed by atoms with van der Waals surface area (Å²) in [6.07, 6.45) is 1.96. The molecule has 0 bridgehead atoms. The quantitative estimate of drug-likeness (QED) is 0.323. The lowest BCUT2D eigenvalue weighted by Gasteiger charge is -2.31. The van der Waals surface area contributed by atoms with Gasteiger partial charge in [-0.05, 0) is 55.8 Å². The number of hydrogen-bond acceptors (Lipinski definition) is 8. The molecule has 2 saturated heterocycles. The number of hydrogen-bond donors (Lipinski definition) is 2. The van der Waals surface area contributed by atoms with Crippen molar-refractivity contribution in [2.24, 2.45) is 0 Å². The number of halogens is 1. The number of carbonyl (C=O) groups excluding carboxylic acids is 1. The smallest absolute Gasteiger partial charge is 0.319 e. The van der Waals surface area contributed by atoms with Crippen LogP contribution in [0.5, 0.6) is 0 Å². The molecule has 41 heavy (non-hydrogen) atoms. The van der Waals surface area contributed by atoms with Gasteiger partial charge in [-0.15, -0.1) is 0 Å². The normalized spacial score (nSPS) is 16.7. The second-order valence-electron chi connectivity index (χ2n) is 10.4. The minimum Gasteiger partial charge on any atom is -0.378 e. The highest BCUT2D eigenvalue weighted by Gasteiger charge is 2.29.